The summed E-state index contributed by atoms with van der Waals surface area (Å²) >= 11 is 0. The fourth-order valence-electron chi connectivity index (χ4n) is 10.2. The molecule has 1 aliphatic carbocycles. The maximum absolute atomic E-state index is 2.43. The molecule has 0 N–H and O–H groups in total. The molecular weight excluding hydrogens is 737 g/mol. The van der Waals surface area contributed by atoms with Crippen molar-refractivity contribution in [2.24, 2.45) is 0 Å². The van der Waals surface area contributed by atoms with Gasteiger partial charge in [-0.25, -0.2) is 0 Å². The molecule has 61 heavy (non-hydrogen) atoms. The van der Waals surface area contributed by atoms with Crippen LogP contribution in [0.3, 0.4) is 0 Å². The first-order valence-corrected chi connectivity index (χ1v) is 21.3. The molecule has 0 amide bonds. The zero-order chi connectivity index (χ0) is 40.7. The summed E-state index contributed by atoms with van der Waals surface area (Å²) in [6.45, 7) is 4.78. The highest BCUT2D eigenvalue weighted by molar-refractivity contribution is 6.16. The number of rotatable bonds is 7. The Morgan fingerprint density at radius 1 is 0.426 bits per heavy atom. The van der Waals surface area contributed by atoms with Crippen LogP contribution >= 0.6 is 0 Å². The van der Waals surface area contributed by atoms with E-state index in [1.165, 1.54) is 87.5 Å². The molecule has 0 unspecified atom stereocenters. The first-order chi connectivity index (χ1) is 30.0. The van der Waals surface area contributed by atoms with Crippen molar-refractivity contribution in [1.82, 2.24) is 4.57 Å². The Bertz CT molecular complexity index is 3540. The van der Waals surface area contributed by atoms with Gasteiger partial charge >= 0.3 is 0 Å². The summed E-state index contributed by atoms with van der Waals surface area (Å²) in [7, 11) is 0. The van der Waals surface area contributed by atoms with E-state index in [0.717, 1.165) is 22.7 Å². The second-order valence-electron chi connectivity index (χ2n) is 17.0. The van der Waals surface area contributed by atoms with Crippen molar-refractivity contribution in [2.45, 2.75) is 19.3 Å². The van der Waals surface area contributed by atoms with Crippen LogP contribution in [-0.4, -0.2) is 4.57 Å². The molecule has 0 fully saturated rings. The van der Waals surface area contributed by atoms with E-state index in [4.69, 9.17) is 0 Å². The smallest absolute Gasteiger partial charge is 0.0561 e. The van der Waals surface area contributed by atoms with Gasteiger partial charge in [0.1, 0.15) is 0 Å². The van der Waals surface area contributed by atoms with Crippen LogP contribution in [0.5, 0.6) is 0 Å². The van der Waals surface area contributed by atoms with Crippen LogP contribution < -0.4 is 4.90 Å². The van der Waals surface area contributed by atoms with Gasteiger partial charge in [-0.2, -0.15) is 0 Å². The molecule has 1 aromatic heterocycles. The maximum atomic E-state index is 2.43. The van der Waals surface area contributed by atoms with Crippen LogP contribution in [0.4, 0.5) is 17.1 Å². The van der Waals surface area contributed by atoms with Crippen molar-refractivity contribution in [3.05, 3.63) is 229 Å². The molecule has 0 radical (unpaired) electrons. The Labute approximate surface area is 355 Å². The van der Waals surface area contributed by atoms with E-state index in [1.807, 2.05) is 0 Å². The van der Waals surface area contributed by atoms with Gasteiger partial charge in [-0.15, -0.1) is 0 Å². The lowest BCUT2D eigenvalue weighted by Gasteiger charge is -2.27. The molecule has 1 heterocycles. The normalized spacial score (nSPS) is 13.1. The fraction of sp³-hybridized carbons (Fsp3) is 0.0508. The molecular formula is C59H42N2. The summed E-state index contributed by atoms with van der Waals surface area (Å²) in [4.78, 5) is 2.41. The van der Waals surface area contributed by atoms with Gasteiger partial charge < -0.3 is 9.47 Å². The number of aromatic nitrogens is 1. The molecule has 11 aromatic rings. The Balaban J connectivity index is 0.969. The Kier molecular flexibility index (Phi) is 7.92. The SMILES string of the molecule is CC1(C)c2cc(C=Cc3ccc(N(c4ccccc4)c4ccc5c6ccccc6n(-c6ccccc6)c5c4)c4ccccc34)cc3ccc4cc(-c5ccccc5)cc1c4c23. The Morgan fingerprint density at radius 2 is 1.05 bits per heavy atom. The zero-order valence-corrected chi connectivity index (χ0v) is 34.2. The third-order valence-corrected chi connectivity index (χ3v) is 13.1. The Hall–Kier alpha value is -7.68. The molecule has 0 saturated heterocycles. The number of fused-ring (bicyclic) bond motifs is 4. The quantitative estimate of drug-likeness (QED) is 0.116. The number of anilines is 3. The summed E-state index contributed by atoms with van der Waals surface area (Å²) in [5.74, 6) is 0. The summed E-state index contributed by atoms with van der Waals surface area (Å²) in [5, 5.41) is 10.3. The summed E-state index contributed by atoms with van der Waals surface area (Å²) < 4.78 is 2.40. The van der Waals surface area contributed by atoms with Crippen molar-refractivity contribution in [3.8, 4) is 16.8 Å². The zero-order valence-electron chi connectivity index (χ0n) is 34.2. The first kappa shape index (κ1) is 35.3. The largest absolute Gasteiger partial charge is 0.310 e. The Morgan fingerprint density at radius 3 is 1.82 bits per heavy atom. The first-order valence-electron chi connectivity index (χ1n) is 21.3. The number of hydrogen-bond donors (Lipinski definition) is 0. The second-order valence-corrected chi connectivity index (χ2v) is 17.0. The van der Waals surface area contributed by atoms with Crippen LogP contribution in [0, 0.1) is 0 Å². The fourth-order valence-corrected chi connectivity index (χ4v) is 10.2. The molecule has 12 rings (SSSR count). The number of nitrogens with zero attached hydrogens (tertiary/aromatic N) is 2. The average molecular weight is 779 g/mol. The van der Waals surface area contributed by atoms with Gasteiger partial charge in [0.25, 0.3) is 0 Å². The van der Waals surface area contributed by atoms with Gasteiger partial charge in [-0.3, -0.25) is 0 Å². The molecule has 0 aliphatic heterocycles. The second kappa shape index (κ2) is 13.7. The standard InChI is InChI=1S/C59H42N2/c1-59(2)52-35-39(34-42-28-29-43-36-44(40-16-6-3-7-17-40)37-53(59)58(43)57(42)52)26-27-41-30-33-55(49-23-13-12-22-48(41)49)60(45-18-8-4-9-19-45)47-31-32-51-50-24-14-15-25-54(50)61(56(51)38-47)46-20-10-5-11-21-46/h3-38H,1-2H3. The molecule has 10 aromatic carbocycles. The number of hydrogen-bond acceptors (Lipinski definition) is 1. The van der Waals surface area contributed by atoms with Crippen LogP contribution in [0.25, 0.3) is 83.1 Å². The monoisotopic (exact) mass is 778 g/mol. The molecule has 0 saturated carbocycles. The van der Waals surface area contributed by atoms with E-state index >= 15 is 0 Å². The van der Waals surface area contributed by atoms with Crippen molar-refractivity contribution in [3.63, 3.8) is 0 Å². The molecule has 0 atom stereocenters. The summed E-state index contributed by atoms with van der Waals surface area (Å²) in [6.07, 6.45) is 4.61. The van der Waals surface area contributed by atoms with Gasteiger partial charge in [0.2, 0.25) is 0 Å². The predicted octanol–water partition coefficient (Wildman–Crippen LogP) is 16.2. The molecule has 2 heteroatoms. The van der Waals surface area contributed by atoms with Crippen molar-refractivity contribution < 1.29 is 0 Å². The van der Waals surface area contributed by atoms with Crippen LogP contribution in [0.1, 0.15) is 36.1 Å². The minimum atomic E-state index is -0.122. The predicted molar refractivity (Wildman–Crippen MR) is 261 cm³/mol. The highest BCUT2D eigenvalue weighted by Gasteiger charge is 2.34. The van der Waals surface area contributed by atoms with Gasteiger partial charge in [-0.05, 0) is 127 Å². The van der Waals surface area contributed by atoms with E-state index < -0.39 is 0 Å². The van der Waals surface area contributed by atoms with E-state index in [-0.39, 0.29) is 5.41 Å². The van der Waals surface area contributed by atoms with Crippen molar-refractivity contribution in [2.75, 3.05) is 4.90 Å². The average Bonchev–Trinajstić information content (AvgIpc) is 3.76. The van der Waals surface area contributed by atoms with Gasteiger partial charge in [0, 0.05) is 38.6 Å². The lowest BCUT2D eigenvalue weighted by atomic mass is 9.80. The molecule has 0 bridgehead atoms. The van der Waals surface area contributed by atoms with Gasteiger partial charge in [0.15, 0.2) is 0 Å². The highest BCUT2D eigenvalue weighted by atomic mass is 15.1. The van der Waals surface area contributed by atoms with E-state index in [1.54, 1.807) is 0 Å². The third-order valence-electron chi connectivity index (χ3n) is 13.1. The molecule has 1 aliphatic rings. The van der Waals surface area contributed by atoms with Crippen molar-refractivity contribution >= 4 is 83.3 Å². The van der Waals surface area contributed by atoms with Crippen molar-refractivity contribution in [1.29, 1.82) is 0 Å². The molecule has 0 spiro atoms. The van der Waals surface area contributed by atoms with E-state index in [2.05, 4.69) is 242 Å². The maximum Gasteiger partial charge on any atom is 0.0561 e. The van der Waals surface area contributed by atoms with Crippen LogP contribution in [0.15, 0.2) is 206 Å². The third kappa shape index (κ3) is 5.56. The topological polar surface area (TPSA) is 8.17 Å². The minimum Gasteiger partial charge on any atom is -0.310 e. The van der Waals surface area contributed by atoms with Gasteiger partial charge in [0.05, 0.1) is 16.7 Å². The minimum absolute atomic E-state index is 0.122. The van der Waals surface area contributed by atoms with Gasteiger partial charge in [-0.1, -0.05) is 166 Å². The highest BCUT2D eigenvalue weighted by Crippen LogP contribution is 2.51. The lowest BCUT2D eigenvalue weighted by molar-refractivity contribution is 0.663. The molecule has 2 nitrogen and oxygen atoms in total. The summed E-state index contributed by atoms with van der Waals surface area (Å²) in [6, 6.07) is 75.6. The van der Waals surface area contributed by atoms with Crippen LogP contribution in [0.2, 0.25) is 0 Å². The number of para-hydroxylation sites is 3. The van der Waals surface area contributed by atoms with E-state index in [9.17, 15) is 0 Å². The summed E-state index contributed by atoms with van der Waals surface area (Å²) in [5.41, 5.74) is 14.5. The van der Waals surface area contributed by atoms with E-state index in [0.29, 0.717) is 0 Å². The molecule has 288 valence electrons. The van der Waals surface area contributed by atoms with Crippen LogP contribution in [-0.2, 0) is 5.41 Å². The lowest BCUT2D eigenvalue weighted by Crippen LogP contribution is -2.15. The number of benzene rings is 10.